The molecular weight excluding hydrogens is 360 g/mol. The van der Waals surface area contributed by atoms with Gasteiger partial charge in [-0.15, -0.1) is 0 Å². The van der Waals surface area contributed by atoms with E-state index in [1.165, 1.54) is 23.6 Å². The van der Waals surface area contributed by atoms with Gasteiger partial charge in [0.05, 0.1) is 18.4 Å². The van der Waals surface area contributed by atoms with E-state index >= 15 is 0 Å². The van der Waals surface area contributed by atoms with E-state index in [1.807, 2.05) is 25.3 Å². The largest absolute Gasteiger partial charge is 0.465 e. The number of hydrogen-bond donors (Lipinski definition) is 0. The van der Waals surface area contributed by atoms with E-state index in [0.717, 1.165) is 29.8 Å². The van der Waals surface area contributed by atoms with E-state index in [4.69, 9.17) is 4.74 Å². The number of benzene rings is 2. The number of pyridine rings is 1. The molecule has 0 fully saturated rings. The third-order valence-electron chi connectivity index (χ3n) is 5.24. The smallest absolute Gasteiger partial charge is 0.339 e. The number of nitrogens with zero attached hydrogens (tertiary/aromatic N) is 2. The zero-order chi connectivity index (χ0) is 20.2. The molecule has 4 heteroatoms. The molecule has 4 nitrogen and oxygen atoms in total. The first-order valence-electron chi connectivity index (χ1n) is 9.85. The van der Waals surface area contributed by atoms with Crippen LogP contribution in [0, 0.1) is 0 Å². The zero-order valence-corrected chi connectivity index (χ0v) is 16.8. The van der Waals surface area contributed by atoms with Crippen LogP contribution >= 0.6 is 0 Å². The number of fused-ring (bicyclic) bond motifs is 1. The number of carbonyl (C=O) groups is 1. The highest BCUT2D eigenvalue weighted by molar-refractivity contribution is 5.91. The average Bonchev–Trinajstić information content (AvgIpc) is 3.16. The average molecular weight is 384 g/mol. The lowest BCUT2D eigenvalue weighted by atomic mass is 10.0. The number of carbonyl (C=O) groups excluding carboxylic acids is 1. The van der Waals surface area contributed by atoms with Crippen LogP contribution in [0.15, 0.2) is 73.1 Å². The molecule has 0 unspecified atom stereocenters. The Labute approximate surface area is 170 Å². The molecule has 0 saturated carbocycles. The Kier molecular flexibility index (Phi) is 5.43. The Morgan fingerprint density at radius 3 is 2.59 bits per heavy atom. The van der Waals surface area contributed by atoms with Crippen molar-refractivity contribution < 1.29 is 9.53 Å². The minimum absolute atomic E-state index is 0.335. The lowest BCUT2D eigenvalue weighted by molar-refractivity contribution is 0.0599. The van der Waals surface area contributed by atoms with Gasteiger partial charge in [-0.05, 0) is 52.8 Å². The Morgan fingerprint density at radius 2 is 1.83 bits per heavy atom. The SMILES string of the molecule is CCc1cnc(Cc2ccc3c(ccn3Cc3ccccc3)c2)c(C(=O)OC)c1. The first-order valence-corrected chi connectivity index (χ1v) is 9.85. The van der Waals surface area contributed by atoms with Crippen molar-refractivity contribution in [1.29, 1.82) is 0 Å². The van der Waals surface area contributed by atoms with Crippen LogP contribution in [-0.4, -0.2) is 22.6 Å². The molecule has 2 heterocycles. The molecule has 0 aliphatic heterocycles. The molecule has 146 valence electrons. The molecular formula is C25H24N2O2. The fraction of sp³-hybridized carbons (Fsp3) is 0.200. The summed E-state index contributed by atoms with van der Waals surface area (Å²) in [5.41, 5.74) is 5.92. The number of rotatable bonds is 6. The molecule has 0 spiro atoms. The predicted octanol–water partition coefficient (Wildman–Crippen LogP) is 5.02. The van der Waals surface area contributed by atoms with E-state index in [9.17, 15) is 4.79 Å². The maximum Gasteiger partial charge on any atom is 0.339 e. The second-order valence-corrected chi connectivity index (χ2v) is 7.18. The molecule has 0 N–H and O–H groups in total. The van der Waals surface area contributed by atoms with E-state index in [2.05, 4.69) is 64.3 Å². The first-order chi connectivity index (χ1) is 14.2. The number of aromatic nitrogens is 2. The molecule has 0 aliphatic carbocycles. The molecule has 4 aromatic rings. The minimum atomic E-state index is -0.335. The van der Waals surface area contributed by atoms with Crippen LogP contribution in [-0.2, 0) is 24.1 Å². The molecule has 0 radical (unpaired) electrons. The highest BCUT2D eigenvalue weighted by Crippen LogP contribution is 2.22. The van der Waals surface area contributed by atoms with Crippen molar-refractivity contribution in [1.82, 2.24) is 9.55 Å². The summed E-state index contributed by atoms with van der Waals surface area (Å²) in [4.78, 5) is 16.8. The van der Waals surface area contributed by atoms with Gasteiger partial charge in [-0.3, -0.25) is 4.98 Å². The molecule has 29 heavy (non-hydrogen) atoms. The van der Waals surface area contributed by atoms with Crippen molar-refractivity contribution >= 4 is 16.9 Å². The maximum atomic E-state index is 12.2. The molecule has 2 aromatic heterocycles. The quantitative estimate of drug-likeness (QED) is 0.438. The highest BCUT2D eigenvalue weighted by Gasteiger charge is 2.15. The first kappa shape index (κ1) is 18.9. The Hall–Kier alpha value is -3.40. The molecule has 0 amide bonds. The summed E-state index contributed by atoms with van der Waals surface area (Å²) in [6.45, 7) is 2.89. The van der Waals surface area contributed by atoms with Crippen LogP contribution in [0.2, 0.25) is 0 Å². The van der Waals surface area contributed by atoms with Crippen LogP contribution in [0.3, 0.4) is 0 Å². The topological polar surface area (TPSA) is 44.1 Å². The fourth-order valence-corrected chi connectivity index (χ4v) is 3.63. The number of ether oxygens (including phenoxy) is 1. The summed E-state index contributed by atoms with van der Waals surface area (Å²) >= 11 is 0. The molecule has 4 rings (SSSR count). The summed E-state index contributed by atoms with van der Waals surface area (Å²) in [5, 5.41) is 1.18. The van der Waals surface area contributed by atoms with Gasteiger partial charge in [-0.25, -0.2) is 4.79 Å². The lowest BCUT2D eigenvalue weighted by Crippen LogP contribution is -2.09. The third kappa shape index (κ3) is 4.06. The van der Waals surface area contributed by atoms with E-state index < -0.39 is 0 Å². The van der Waals surface area contributed by atoms with Gasteiger partial charge in [0.1, 0.15) is 0 Å². The molecule has 0 aliphatic rings. The summed E-state index contributed by atoms with van der Waals surface area (Å²) in [7, 11) is 1.41. The summed E-state index contributed by atoms with van der Waals surface area (Å²) in [5.74, 6) is -0.335. The van der Waals surface area contributed by atoms with Gasteiger partial charge in [0.15, 0.2) is 0 Å². The van der Waals surface area contributed by atoms with Crippen LogP contribution in [0.1, 0.15) is 39.7 Å². The maximum absolute atomic E-state index is 12.2. The van der Waals surface area contributed by atoms with Crippen molar-refractivity contribution in [3.05, 3.63) is 101 Å². The summed E-state index contributed by atoms with van der Waals surface area (Å²) in [6.07, 6.45) is 5.39. The van der Waals surface area contributed by atoms with Gasteiger partial charge in [-0.2, -0.15) is 0 Å². The Bertz CT molecular complexity index is 1150. The standard InChI is InChI=1S/C25H24N2O2/c1-3-18-14-22(25(28)29-2)23(26-16-18)15-20-9-10-24-21(13-20)11-12-27(24)17-19-7-5-4-6-8-19/h4-14,16H,3,15,17H2,1-2H3. The Balaban J connectivity index is 1.62. The van der Waals surface area contributed by atoms with Gasteiger partial charge >= 0.3 is 5.97 Å². The molecule has 2 aromatic carbocycles. The number of methoxy groups -OCH3 is 1. The molecule has 0 atom stereocenters. The monoisotopic (exact) mass is 384 g/mol. The number of hydrogen-bond acceptors (Lipinski definition) is 3. The fourth-order valence-electron chi connectivity index (χ4n) is 3.63. The number of aryl methyl sites for hydroxylation is 1. The van der Waals surface area contributed by atoms with Crippen molar-refractivity contribution in [3.8, 4) is 0 Å². The van der Waals surface area contributed by atoms with E-state index in [1.54, 1.807) is 0 Å². The highest BCUT2D eigenvalue weighted by atomic mass is 16.5. The van der Waals surface area contributed by atoms with Gasteiger partial charge in [0.2, 0.25) is 0 Å². The van der Waals surface area contributed by atoms with Crippen LogP contribution in [0.5, 0.6) is 0 Å². The van der Waals surface area contributed by atoms with Crippen LogP contribution in [0.25, 0.3) is 10.9 Å². The summed E-state index contributed by atoms with van der Waals surface area (Å²) < 4.78 is 7.21. The van der Waals surface area contributed by atoms with E-state index in [-0.39, 0.29) is 5.97 Å². The van der Waals surface area contributed by atoms with Crippen LogP contribution < -0.4 is 0 Å². The van der Waals surface area contributed by atoms with Crippen molar-refractivity contribution in [2.75, 3.05) is 7.11 Å². The van der Waals surface area contributed by atoms with Crippen molar-refractivity contribution in [3.63, 3.8) is 0 Å². The second kappa shape index (κ2) is 8.31. The number of esters is 1. The van der Waals surface area contributed by atoms with Gasteiger partial charge < -0.3 is 9.30 Å². The third-order valence-corrected chi connectivity index (χ3v) is 5.24. The molecule has 0 saturated heterocycles. The second-order valence-electron chi connectivity index (χ2n) is 7.18. The van der Waals surface area contributed by atoms with E-state index in [0.29, 0.717) is 12.0 Å². The van der Waals surface area contributed by atoms with Crippen LogP contribution in [0.4, 0.5) is 0 Å². The van der Waals surface area contributed by atoms with Gasteiger partial charge in [0, 0.05) is 30.9 Å². The van der Waals surface area contributed by atoms with Gasteiger partial charge in [0.25, 0.3) is 0 Å². The predicted molar refractivity (Wildman–Crippen MR) is 115 cm³/mol. The minimum Gasteiger partial charge on any atom is -0.465 e. The lowest BCUT2D eigenvalue weighted by Gasteiger charge is -2.10. The normalized spacial score (nSPS) is 11.0. The van der Waals surface area contributed by atoms with Gasteiger partial charge in [-0.1, -0.05) is 43.3 Å². The van der Waals surface area contributed by atoms with Crippen molar-refractivity contribution in [2.24, 2.45) is 0 Å². The van der Waals surface area contributed by atoms with Crippen molar-refractivity contribution in [2.45, 2.75) is 26.3 Å². The molecule has 0 bridgehead atoms. The zero-order valence-electron chi connectivity index (χ0n) is 16.8. The summed E-state index contributed by atoms with van der Waals surface area (Å²) in [6, 6.07) is 20.9. The Morgan fingerprint density at radius 1 is 1.00 bits per heavy atom.